The topological polar surface area (TPSA) is 64.0 Å². The molecule has 9 heteroatoms. The molecule has 3 atom stereocenters. The van der Waals surface area contributed by atoms with Crippen molar-refractivity contribution in [1.82, 2.24) is 4.67 Å². The van der Waals surface area contributed by atoms with Gasteiger partial charge in [-0.05, 0) is 27.7 Å². The summed E-state index contributed by atoms with van der Waals surface area (Å²) in [6.45, 7) is 11.1. The summed E-state index contributed by atoms with van der Waals surface area (Å²) in [6, 6.07) is 2.69. The molecule has 0 amide bonds. The first-order valence-corrected chi connectivity index (χ1v) is 8.85. The third-order valence-corrected chi connectivity index (χ3v) is 5.39. The third-order valence-electron chi connectivity index (χ3n) is 3.23. The zero-order valence-electron chi connectivity index (χ0n) is 15.2. The van der Waals surface area contributed by atoms with E-state index in [2.05, 4.69) is 38.4 Å². The summed E-state index contributed by atoms with van der Waals surface area (Å²) < 4.78 is 25.1. The van der Waals surface area contributed by atoms with Crippen LogP contribution in [0.2, 0.25) is 0 Å². The van der Waals surface area contributed by atoms with Crippen LogP contribution in [0.4, 0.5) is 0 Å². The fraction of sp³-hybridized carbons (Fsp3) is 0.867. The second kappa shape index (κ2) is 15.6. The van der Waals surface area contributed by atoms with Crippen molar-refractivity contribution in [2.45, 2.75) is 64.8 Å². The molecule has 1 aliphatic rings. The van der Waals surface area contributed by atoms with Crippen molar-refractivity contribution in [3.8, 4) is 6.07 Å². The van der Waals surface area contributed by atoms with Gasteiger partial charge in [0.1, 0.15) is 0 Å². The zero-order chi connectivity index (χ0) is 16.5. The monoisotopic (exact) mass is 604 g/mol. The second-order valence-electron chi connectivity index (χ2n) is 5.72. The summed E-state index contributed by atoms with van der Waals surface area (Å²) in [4.78, 5) is 0. The molecule has 0 aliphatic carbocycles. The quantitative estimate of drug-likeness (QED) is 0.217. The van der Waals surface area contributed by atoms with E-state index in [0.717, 1.165) is 6.42 Å². The van der Waals surface area contributed by atoms with E-state index in [-0.39, 0.29) is 66.0 Å². The molecule has 0 saturated carbocycles. The van der Waals surface area contributed by atoms with Gasteiger partial charge in [-0.15, -0.1) is 6.42 Å². The maximum Gasteiger partial charge on any atom is 0.259 e. The Labute approximate surface area is 187 Å². The first-order chi connectivity index (χ1) is 10.5. The van der Waals surface area contributed by atoms with Crippen LogP contribution in [0.15, 0.2) is 0 Å². The van der Waals surface area contributed by atoms with Crippen LogP contribution in [-0.4, -0.2) is 49.3 Å². The predicted molar refractivity (Wildman–Crippen MR) is 85.8 cm³/mol. The number of nitrogens with zero attached hydrogens (tertiary/aromatic N) is 2. The van der Waals surface area contributed by atoms with E-state index in [4.69, 9.17) is 23.8 Å². The third kappa shape index (κ3) is 9.45. The summed E-state index contributed by atoms with van der Waals surface area (Å²) in [5.74, 6) is 0. The smallest absolute Gasteiger partial charge is 0.259 e. The van der Waals surface area contributed by atoms with Gasteiger partial charge >= 0.3 is 0 Å². The molecule has 1 rings (SSSR count). The molecule has 0 bridgehead atoms. The number of methoxy groups -OCH3 is 1. The van der Waals surface area contributed by atoms with Crippen LogP contribution in [0.3, 0.4) is 0 Å². The van der Waals surface area contributed by atoms with E-state index in [1.807, 2.05) is 0 Å². The molecular formula is C15H28N2O4PWY-. The molecule has 0 aromatic carbocycles. The number of nitriles is 1. The van der Waals surface area contributed by atoms with Crippen LogP contribution in [0.1, 0.15) is 40.5 Å². The van der Waals surface area contributed by atoms with Gasteiger partial charge in [0.05, 0.1) is 37.9 Å². The maximum absolute atomic E-state index is 8.71. The Morgan fingerprint density at radius 3 is 2.46 bits per heavy atom. The minimum absolute atomic E-state index is 0. The van der Waals surface area contributed by atoms with Crippen molar-refractivity contribution in [3.05, 3.63) is 6.61 Å². The Hall–Kier alpha value is 1.51. The van der Waals surface area contributed by atoms with E-state index >= 15 is 0 Å². The standard InChI is InChI=1S/C15H28N2O4P.W.Y/c1-12(2)17(13(3)4)22(20-9-6-8-16)21-14-7-10-19-15(14)11-18-5;;/h10,12-15H,6-7,9,11H2,1-5H3;;/q-1;;/t14?,15-,22?;;/m1../s1. The average Bonchev–Trinajstić information content (AvgIpc) is 2.86. The first kappa shape index (κ1) is 27.7. The summed E-state index contributed by atoms with van der Waals surface area (Å²) in [5.41, 5.74) is 0. The van der Waals surface area contributed by atoms with Gasteiger partial charge in [-0.1, -0.05) is 0 Å². The van der Waals surface area contributed by atoms with Crippen molar-refractivity contribution < 1.29 is 72.3 Å². The van der Waals surface area contributed by atoms with E-state index in [1.165, 1.54) is 0 Å². The van der Waals surface area contributed by atoms with Crippen LogP contribution in [0.25, 0.3) is 0 Å². The molecule has 0 spiro atoms. The number of hydrogen-bond donors (Lipinski definition) is 0. The molecule has 0 N–H and O–H groups in total. The Morgan fingerprint density at radius 2 is 1.96 bits per heavy atom. The van der Waals surface area contributed by atoms with Gasteiger partial charge in [0.15, 0.2) is 0 Å². The average molecular weight is 604 g/mol. The molecule has 1 fully saturated rings. The maximum atomic E-state index is 8.71. The number of hydrogen-bond acceptors (Lipinski definition) is 6. The van der Waals surface area contributed by atoms with Gasteiger partial charge in [-0.3, -0.25) is 0 Å². The molecule has 1 heterocycles. The molecule has 1 saturated heterocycles. The SMILES string of the molecule is COC[C@H]1O[CH-]CC1OP(OCCC#N)N(C(C)C)C(C)C.[W].[Y]. The van der Waals surface area contributed by atoms with Crippen molar-refractivity contribution in [2.75, 3.05) is 20.3 Å². The number of rotatable bonds is 10. The number of ether oxygens (including phenoxy) is 2. The van der Waals surface area contributed by atoms with Crippen LogP contribution in [0.5, 0.6) is 0 Å². The van der Waals surface area contributed by atoms with Gasteiger partial charge in [-0.25, -0.2) is 11.3 Å². The van der Waals surface area contributed by atoms with Crippen molar-refractivity contribution >= 4 is 8.53 Å². The second-order valence-corrected chi connectivity index (χ2v) is 7.13. The van der Waals surface area contributed by atoms with Crippen molar-refractivity contribution in [3.63, 3.8) is 0 Å². The fourth-order valence-corrected chi connectivity index (χ4v) is 4.10. The van der Waals surface area contributed by atoms with E-state index in [0.29, 0.717) is 31.7 Å². The molecule has 0 aromatic rings. The van der Waals surface area contributed by atoms with Gasteiger partial charge < -0.3 is 18.5 Å². The molecular weight excluding hydrogens is 576 g/mol. The van der Waals surface area contributed by atoms with Crippen LogP contribution in [-0.2, 0) is 72.3 Å². The van der Waals surface area contributed by atoms with Crippen molar-refractivity contribution in [2.24, 2.45) is 0 Å². The molecule has 6 nitrogen and oxygen atoms in total. The van der Waals surface area contributed by atoms with Crippen LogP contribution >= 0.6 is 8.53 Å². The minimum atomic E-state index is -1.24. The molecule has 0 aromatic heterocycles. The molecule has 24 heavy (non-hydrogen) atoms. The summed E-state index contributed by atoms with van der Waals surface area (Å²) in [7, 11) is 0.416. The first-order valence-electron chi connectivity index (χ1n) is 7.72. The molecule has 137 valence electrons. The normalized spacial score (nSPS) is 21.5. The Bertz CT molecular complexity index is 353. The van der Waals surface area contributed by atoms with Gasteiger partial charge in [0, 0.05) is 73.0 Å². The molecule has 2 unspecified atom stereocenters. The summed E-state index contributed by atoms with van der Waals surface area (Å²) >= 11 is 0. The largest absolute Gasteiger partial charge is 0.546 e. The van der Waals surface area contributed by atoms with Crippen LogP contribution in [0, 0.1) is 17.9 Å². The summed E-state index contributed by atoms with van der Waals surface area (Å²) in [6.07, 6.45) is 0.906. The zero-order valence-corrected chi connectivity index (χ0v) is 21.8. The van der Waals surface area contributed by atoms with Crippen molar-refractivity contribution in [1.29, 1.82) is 5.26 Å². The van der Waals surface area contributed by atoms with Crippen LogP contribution < -0.4 is 0 Å². The van der Waals surface area contributed by atoms with E-state index in [1.54, 1.807) is 13.7 Å². The summed E-state index contributed by atoms with van der Waals surface area (Å²) in [5, 5.41) is 8.71. The molecule has 1 aliphatic heterocycles. The Balaban J connectivity index is 0. The Kier molecular flexibility index (Phi) is 18.0. The minimum Gasteiger partial charge on any atom is -0.546 e. The van der Waals surface area contributed by atoms with Gasteiger partial charge in [0.2, 0.25) is 0 Å². The predicted octanol–water partition coefficient (Wildman–Crippen LogP) is 3.24. The van der Waals surface area contributed by atoms with E-state index in [9.17, 15) is 0 Å². The Morgan fingerprint density at radius 1 is 1.33 bits per heavy atom. The fourth-order valence-electron chi connectivity index (χ4n) is 2.35. The molecule has 1 radical (unpaired) electrons. The van der Waals surface area contributed by atoms with E-state index < -0.39 is 8.53 Å². The van der Waals surface area contributed by atoms with Gasteiger partial charge in [0.25, 0.3) is 8.53 Å². The van der Waals surface area contributed by atoms with Gasteiger partial charge in [-0.2, -0.15) is 5.26 Å².